The summed E-state index contributed by atoms with van der Waals surface area (Å²) in [6.45, 7) is 3.92. The van der Waals surface area contributed by atoms with Crippen LogP contribution < -0.4 is 10.6 Å². The van der Waals surface area contributed by atoms with Gasteiger partial charge in [0.2, 0.25) is 0 Å². The Bertz CT molecular complexity index is 993. The number of imide groups is 1. The zero-order chi connectivity index (χ0) is 22.9. The Morgan fingerprint density at radius 2 is 1.38 bits per heavy atom. The van der Waals surface area contributed by atoms with Crippen molar-refractivity contribution >= 4 is 48.0 Å². The lowest BCUT2D eigenvalue weighted by Gasteiger charge is -2.36. The van der Waals surface area contributed by atoms with Gasteiger partial charge in [-0.25, -0.2) is 0 Å². The van der Waals surface area contributed by atoms with E-state index in [1.165, 1.54) is 11.0 Å². The van der Waals surface area contributed by atoms with E-state index in [0.29, 0.717) is 42.9 Å². The molecule has 0 aromatic heterocycles. The minimum absolute atomic E-state index is 0. The van der Waals surface area contributed by atoms with Gasteiger partial charge in [0.25, 0.3) is 11.8 Å². The Morgan fingerprint density at radius 1 is 0.824 bits per heavy atom. The second-order valence-corrected chi connectivity index (χ2v) is 8.11. The van der Waals surface area contributed by atoms with Gasteiger partial charge in [0.15, 0.2) is 0 Å². The molecule has 34 heavy (non-hydrogen) atoms. The molecule has 4 rings (SSSR count). The molecular weight excluding hydrogens is 492 g/mol. The van der Waals surface area contributed by atoms with Crippen molar-refractivity contribution in [3.05, 3.63) is 59.2 Å². The summed E-state index contributed by atoms with van der Waals surface area (Å²) in [5, 5.41) is 0. The number of nitrogens with zero attached hydrogens (tertiary/aromatic N) is 3. The number of nitrogen functional groups attached to an aromatic ring is 1. The number of carbonyl (C=O) groups excluding carboxylic acids is 2. The zero-order valence-electron chi connectivity index (χ0n) is 18.4. The average Bonchev–Trinajstić information content (AvgIpc) is 3.01. The molecule has 186 valence electrons. The van der Waals surface area contributed by atoms with E-state index in [4.69, 9.17) is 5.73 Å². The van der Waals surface area contributed by atoms with Crippen molar-refractivity contribution in [1.82, 2.24) is 9.80 Å². The lowest BCUT2D eigenvalue weighted by Crippen LogP contribution is -2.46. The highest BCUT2D eigenvalue weighted by Gasteiger charge is 2.35. The molecule has 2 aromatic carbocycles. The van der Waals surface area contributed by atoms with E-state index in [0.717, 1.165) is 32.1 Å². The van der Waals surface area contributed by atoms with E-state index in [9.17, 15) is 22.8 Å². The van der Waals surface area contributed by atoms with E-state index in [-0.39, 0.29) is 42.3 Å². The maximum Gasteiger partial charge on any atom is 0.418 e. The summed E-state index contributed by atoms with van der Waals surface area (Å²) in [5.74, 6) is -0.470. The first-order valence-corrected chi connectivity index (χ1v) is 10.6. The summed E-state index contributed by atoms with van der Waals surface area (Å²) in [4.78, 5) is 30.3. The number of fused-ring (bicyclic) bond motifs is 1. The predicted octanol–water partition coefficient (Wildman–Crippen LogP) is 4.33. The molecule has 1 saturated heterocycles. The highest BCUT2D eigenvalue weighted by Crippen LogP contribution is 2.36. The van der Waals surface area contributed by atoms with Crippen molar-refractivity contribution < 1.29 is 22.8 Å². The third kappa shape index (κ3) is 5.76. The number of hydrogen-bond donors (Lipinski definition) is 1. The number of anilines is 2. The van der Waals surface area contributed by atoms with Crippen molar-refractivity contribution in [2.45, 2.75) is 19.0 Å². The van der Waals surface area contributed by atoms with Gasteiger partial charge in [0, 0.05) is 44.1 Å². The standard InChI is InChI=1S/C23H25F3N4O2.2ClH/c24-23(25,26)19-15-16(7-8-20(19)27)29-13-11-28(12-14-29)9-3-4-10-30-21(31)17-5-1-2-6-18(17)22(30)32;;/h1-2,5-8,15H,3-4,9-14,27H2;2*1H. The molecule has 0 spiro atoms. The minimum Gasteiger partial charge on any atom is -0.398 e. The van der Waals surface area contributed by atoms with Crippen molar-refractivity contribution in [3.8, 4) is 0 Å². The molecule has 11 heteroatoms. The van der Waals surface area contributed by atoms with Gasteiger partial charge >= 0.3 is 6.18 Å². The van der Waals surface area contributed by atoms with Gasteiger partial charge in [-0.1, -0.05) is 12.1 Å². The van der Waals surface area contributed by atoms with Gasteiger partial charge < -0.3 is 10.6 Å². The number of amides is 2. The van der Waals surface area contributed by atoms with Crippen LogP contribution in [0.5, 0.6) is 0 Å². The molecule has 2 aliphatic heterocycles. The van der Waals surface area contributed by atoms with E-state index in [1.54, 1.807) is 30.3 Å². The quantitative estimate of drug-likeness (QED) is 0.350. The van der Waals surface area contributed by atoms with Crippen LogP contribution in [0.4, 0.5) is 24.5 Å². The van der Waals surface area contributed by atoms with Crippen LogP contribution in [0.25, 0.3) is 0 Å². The molecule has 0 radical (unpaired) electrons. The second-order valence-electron chi connectivity index (χ2n) is 8.11. The van der Waals surface area contributed by atoms with Crippen molar-refractivity contribution in [2.75, 3.05) is 49.9 Å². The number of unbranched alkanes of at least 4 members (excludes halogenated alkanes) is 1. The summed E-state index contributed by atoms with van der Waals surface area (Å²) in [5.41, 5.74) is 5.87. The first-order chi connectivity index (χ1) is 15.3. The number of benzene rings is 2. The average molecular weight is 519 g/mol. The zero-order valence-corrected chi connectivity index (χ0v) is 20.0. The van der Waals surface area contributed by atoms with E-state index < -0.39 is 11.7 Å². The molecule has 2 aliphatic rings. The van der Waals surface area contributed by atoms with Crippen molar-refractivity contribution in [3.63, 3.8) is 0 Å². The molecule has 0 atom stereocenters. The normalized spacial score (nSPS) is 16.2. The van der Waals surface area contributed by atoms with E-state index in [2.05, 4.69) is 4.90 Å². The lowest BCUT2D eigenvalue weighted by molar-refractivity contribution is -0.136. The number of piperazine rings is 1. The summed E-state index contributed by atoms with van der Waals surface area (Å²) in [6.07, 6.45) is -2.94. The number of halogens is 5. The number of alkyl halides is 3. The third-order valence-corrected chi connectivity index (χ3v) is 6.06. The molecule has 2 heterocycles. The Labute approximate surface area is 208 Å². The third-order valence-electron chi connectivity index (χ3n) is 6.06. The fourth-order valence-corrected chi connectivity index (χ4v) is 4.26. The van der Waals surface area contributed by atoms with E-state index in [1.807, 2.05) is 4.90 Å². The monoisotopic (exact) mass is 518 g/mol. The second kappa shape index (κ2) is 11.3. The fraction of sp³-hybridized carbons (Fsp3) is 0.391. The highest BCUT2D eigenvalue weighted by molar-refractivity contribution is 6.21. The molecule has 2 N–H and O–H groups in total. The number of rotatable bonds is 6. The summed E-state index contributed by atoms with van der Waals surface area (Å²) in [7, 11) is 0. The molecule has 0 aliphatic carbocycles. The molecule has 6 nitrogen and oxygen atoms in total. The summed E-state index contributed by atoms with van der Waals surface area (Å²) < 4.78 is 39.3. The van der Waals surface area contributed by atoms with Gasteiger partial charge in [0.1, 0.15) is 0 Å². The summed E-state index contributed by atoms with van der Waals surface area (Å²) in [6, 6.07) is 10.9. The van der Waals surface area contributed by atoms with Gasteiger partial charge in [0.05, 0.1) is 16.7 Å². The molecule has 2 aromatic rings. The smallest absolute Gasteiger partial charge is 0.398 e. The van der Waals surface area contributed by atoms with Crippen LogP contribution >= 0.6 is 24.8 Å². The van der Waals surface area contributed by atoms with Crippen LogP contribution in [-0.4, -0.2) is 60.9 Å². The molecule has 2 amide bonds. The van der Waals surface area contributed by atoms with Crippen LogP contribution in [0.15, 0.2) is 42.5 Å². The Hall–Kier alpha value is -2.49. The van der Waals surface area contributed by atoms with Crippen LogP contribution in [0.1, 0.15) is 39.1 Å². The number of nitrogens with two attached hydrogens (primary N) is 1. The first-order valence-electron chi connectivity index (χ1n) is 10.6. The Kier molecular flexibility index (Phi) is 9.22. The molecule has 0 saturated carbocycles. The van der Waals surface area contributed by atoms with Gasteiger partial charge in [-0.3, -0.25) is 19.4 Å². The molecule has 0 unspecified atom stereocenters. The van der Waals surface area contributed by atoms with Crippen LogP contribution in [0, 0.1) is 0 Å². The molecular formula is C23H27Cl2F3N4O2. The SMILES string of the molecule is Cl.Cl.Nc1ccc(N2CCN(CCCCN3C(=O)c4ccccc4C3=O)CC2)cc1C(F)(F)F. The van der Waals surface area contributed by atoms with Gasteiger partial charge in [-0.15, -0.1) is 24.8 Å². The predicted molar refractivity (Wildman–Crippen MR) is 130 cm³/mol. The maximum absolute atomic E-state index is 13.1. The largest absolute Gasteiger partial charge is 0.418 e. The lowest BCUT2D eigenvalue weighted by atomic mass is 10.1. The van der Waals surface area contributed by atoms with Crippen molar-refractivity contribution in [2.24, 2.45) is 0 Å². The molecule has 1 fully saturated rings. The fourth-order valence-electron chi connectivity index (χ4n) is 4.26. The summed E-state index contributed by atoms with van der Waals surface area (Å²) >= 11 is 0. The van der Waals surface area contributed by atoms with Gasteiger partial charge in [-0.05, 0) is 49.7 Å². The Morgan fingerprint density at radius 3 is 1.94 bits per heavy atom. The number of carbonyl (C=O) groups is 2. The minimum atomic E-state index is -4.47. The van der Waals surface area contributed by atoms with E-state index >= 15 is 0 Å². The Balaban J connectivity index is 0.00000204. The topological polar surface area (TPSA) is 69.9 Å². The first kappa shape index (κ1) is 27.8. The number of hydrogen-bond acceptors (Lipinski definition) is 5. The van der Waals surface area contributed by atoms with Crippen LogP contribution in [0.2, 0.25) is 0 Å². The van der Waals surface area contributed by atoms with Crippen LogP contribution in [0.3, 0.4) is 0 Å². The van der Waals surface area contributed by atoms with Crippen LogP contribution in [-0.2, 0) is 6.18 Å². The highest BCUT2D eigenvalue weighted by atomic mass is 35.5. The molecule has 0 bridgehead atoms. The van der Waals surface area contributed by atoms with Gasteiger partial charge in [-0.2, -0.15) is 13.2 Å². The van der Waals surface area contributed by atoms with Crippen molar-refractivity contribution in [1.29, 1.82) is 0 Å². The maximum atomic E-state index is 13.1.